The molecule has 0 aliphatic carbocycles. The van der Waals surface area contributed by atoms with Gasteiger partial charge in [-0.3, -0.25) is 4.79 Å². The third-order valence-electron chi connectivity index (χ3n) is 4.20. The maximum atomic E-state index is 12.3. The van der Waals surface area contributed by atoms with E-state index in [1.54, 1.807) is 0 Å². The normalized spacial score (nSPS) is 12.6. The van der Waals surface area contributed by atoms with Gasteiger partial charge < -0.3 is 11.1 Å². The monoisotopic (exact) mass is 228 g/mol. The van der Waals surface area contributed by atoms with E-state index in [9.17, 15) is 4.79 Å². The van der Waals surface area contributed by atoms with Crippen molar-refractivity contribution in [3.63, 3.8) is 0 Å². The summed E-state index contributed by atoms with van der Waals surface area (Å²) in [5, 5.41) is 3.17. The lowest BCUT2D eigenvalue weighted by molar-refractivity contribution is -0.133. The average Bonchev–Trinajstić information content (AvgIpc) is 2.32. The van der Waals surface area contributed by atoms with Gasteiger partial charge in [-0.15, -0.1) is 0 Å². The molecule has 0 radical (unpaired) electrons. The standard InChI is InChI=1S/C13H28N2O/c1-6-12(5,7-2)15-11(16)13(8-3,9-4)10-14/h6-10,14H2,1-5H3,(H,15,16). The fourth-order valence-corrected chi connectivity index (χ4v) is 1.79. The van der Waals surface area contributed by atoms with E-state index in [0.717, 1.165) is 25.7 Å². The second kappa shape index (κ2) is 6.24. The number of rotatable bonds is 7. The lowest BCUT2D eigenvalue weighted by Crippen LogP contribution is -2.53. The first-order valence-electron chi connectivity index (χ1n) is 6.46. The Balaban J connectivity index is 4.78. The van der Waals surface area contributed by atoms with Crippen molar-refractivity contribution < 1.29 is 4.79 Å². The quantitative estimate of drug-likeness (QED) is 0.703. The van der Waals surface area contributed by atoms with E-state index in [0.29, 0.717) is 6.54 Å². The molecule has 0 spiro atoms. The summed E-state index contributed by atoms with van der Waals surface area (Å²) < 4.78 is 0. The van der Waals surface area contributed by atoms with Gasteiger partial charge in [0.05, 0.1) is 5.41 Å². The van der Waals surface area contributed by atoms with Crippen LogP contribution < -0.4 is 11.1 Å². The molecular weight excluding hydrogens is 200 g/mol. The Labute approximate surface area is 100 Å². The van der Waals surface area contributed by atoms with Crippen LogP contribution in [0.15, 0.2) is 0 Å². The van der Waals surface area contributed by atoms with Crippen LogP contribution in [0, 0.1) is 5.41 Å². The molecular formula is C13H28N2O. The zero-order valence-corrected chi connectivity index (χ0v) is 11.5. The number of carbonyl (C=O) groups is 1. The van der Waals surface area contributed by atoms with Gasteiger partial charge in [0, 0.05) is 12.1 Å². The number of nitrogens with two attached hydrogens (primary N) is 1. The van der Waals surface area contributed by atoms with Gasteiger partial charge in [-0.1, -0.05) is 27.7 Å². The predicted molar refractivity (Wildman–Crippen MR) is 69.2 cm³/mol. The molecule has 0 heterocycles. The Morgan fingerprint density at radius 2 is 1.50 bits per heavy atom. The third-order valence-corrected chi connectivity index (χ3v) is 4.20. The molecule has 0 aliphatic heterocycles. The first-order valence-corrected chi connectivity index (χ1v) is 6.46. The van der Waals surface area contributed by atoms with Crippen LogP contribution in [-0.2, 0) is 4.79 Å². The first-order chi connectivity index (χ1) is 7.43. The van der Waals surface area contributed by atoms with Crippen LogP contribution in [0.3, 0.4) is 0 Å². The van der Waals surface area contributed by atoms with Crippen molar-refractivity contribution in [3.8, 4) is 0 Å². The molecule has 0 unspecified atom stereocenters. The van der Waals surface area contributed by atoms with E-state index in [1.807, 2.05) is 13.8 Å². The molecule has 96 valence electrons. The highest BCUT2D eigenvalue weighted by atomic mass is 16.2. The van der Waals surface area contributed by atoms with Gasteiger partial charge in [0.25, 0.3) is 0 Å². The summed E-state index contributed by atoms with van der Waals surface area (Å²) in [6.45, 7) is 10.8. The molecule has 0 aromatic heterocycles. The Hall–Kier alpha value is -0.570. The number of hydrogen-bond acceptors (Lipinski definition) is 2. The van der Waals surface area contributed by atoms with Gasteiger partial charge >= 0.3 is 0 Å². The minimum absolute atomic E-state index is 0.0954. The fraction of sp³-hybridized carbons (Fsp3) is 0.923. The average molecular weight is 228 g/mol. The van der Waals surface area contributed by atoms with Crippen LogP contribution in [-0.4, -0.2) is 18.0 Å². The van der Waals surface area contributed by atoms with Crippen molar-refractivity contribution in [2.24, 2.45) is 11.1 Å². The van der Waals surface area contributed by atoms with Crippen molar-refractivity contribution in [2.45, 2.75) is 65.8 Å². The second-order valence-corrected chi connectivity index (χ2v) is 4.91. The highest BCUT2D eigenvalue weighted by Gasteiger charge is 2.36. The summed E-state index contributed by atoms with van der Waals surface area (Å²) in [7, 11) is 0. The summed E-state index contributed by atoms with van der Waals surface area (Å²) in [5.41, 5.74) is 5.29. The highest BCUT2D eigenvalue weighted by Crippen LogP contribution is 2.27. The SMILES string of the molecule is CCC(C)(CC)NC(=O)C(CC)(CC)CN. The molecule has 3 N–H and O–H groups in total. The molecule has 1 amide bonds. The molecule has 0 aromatic carbocycles. The Bertz CT molecular complexity index is 210. The zero-order chi connectivity index (χ0) is 12.8. The van der Waals surface area contributed by atoms with Crippen LogP contribution in [0.2, 0.25) is 0 Å². The summed E-state index contributed by atoms with van der Waals surface area (Å²) in [6, 6.07) is 0. The Morgan fingerprint density at radius 1 is 1.06 bits per heavy atom. The number of carbonyl (C=O) groups excluding carboxylic acids is 1. The molecule has 0 saturated carbocycles. The molecule has 0 fully saturated rings. The highest BCUT2D eigenvalue weighted by molar-refractivity contribution is 5.83. The van der Waals surface area contributed by atoms with Crippen molar-refractivity contribution >= 4 is 5.91 Å². The molecule has 0 rings (SSSR count). The summed E-state index contributed by atoms with van der Waals surface area (Å²) >= 11 is 0. The van der Waals surface area contributed by atoms with Crippen LogP contribution in [0.4, 0.5) is 0 Å². The number of amides is 1. The van der Waals surface area contributed by atoms with Gasteiger partial charge in [0.15, 0.2) is 0 Å². The molecule has 3 heteroatoms. The minimum atomic E-state index is -0.383. The van der Waals surface area contributed by atoms with E-state index in [1.165, 1.54) is 0 Å². The largest absolute Gasteiger partial charge is 0.350 e. The van der Waals surface area contributed by atoms with E-state index in [-0.39, 0.29) is 16.9 Å². The van der Waals surface area contributed by atoms with Gasteiger partial charge in [-0.2, -0.15) is 0 Å². The number of hydrogen-bond donors (Lipinski definition) is 2. The second-order valence-electron chi connectivity index (χ2n) is 4.91. The molecule has 0 atom stereocenters. The van der Waals surface area contributed by atoms with Gasteiger partial charge in [0.1, 0.15) is 0 Å². The van der Waals surface area contributed by atoms with E-state index in [4.69, 9.17) is 5.73 Å². The molecule has 3 nitrogen and oxygen atoms in total. The molecule has 0 aromatic rings. The molecule has 0 bridgehead atoms. The van der Waals surface area contributed by atoms with Crippen molar-refractivity contribution in [1.82, 2.24) is 5.32 Å². The maximum Gasteiger partial charge on any atom is 0.227 e. The summed E-state index contributed by atoms with van der Waals surface area (Å²) in [4.78, 5) is 12.3. The van der Waals surface area contributed by atoms with Crippen LogP contribution >= 0.6 is 0 Å². The van der Waals surface area contributed by atoms with Crippen molar-refractivity contribution in [1.29, 1.82) is 0 Å². The van der Waals surface area contributed by atoms with Gasteiger partial charge in [-0.25, -0.2) is 0 Å². The molecule has 0 saturated heterocycles. The third kappa shape index (κ3) is 3.21. The maximum absolute atomic E-state index is 12.3. The fourth-order valence-electron chi connectivity index (χ4n) is 1.79. The van der Waals surface area contributed by atoms with E-state index < -0.39 is 0 Å². The lowest BCUT2D eigenvalue weighted by atomic mass is 9.80. The van der Waals surface area contributed by atoms with E-state index in [2.05, 4.69) is 26.1 Å². The number of nitrogens with one attached hydrogen (secondary N) is 1. The topological polar surface area (TPSA) is 55.1 Å². The minimum Gasteiger partial charge on any atom is -0.350 e. The first kappa shape index (κ1) is 15.4. The Morgan fingerprint density at radius 3 is 1.75 bits per heavy atom. The molecule has 16 heavy (non-hydrogen) atoms. The smallest absolute Gasteiger partial charge is 0.227 e. The van der Waals surface area contributed by atoms with Crippen LogP contribution in [0.25, 0.3) is 0 Å². The summed E-state index contributed by atoms with van der Waals surface area (Å²) in [6.07, 6.45) is 3.50. The van der Waals surface area contributed by atoms with Crippen molar-refractivity contribution in [3.05, 3.63) is 0 Å². The predicted octanol–water partition coefficient (Wildman–Crippen LogP) is 2.45. The van der Waals surface area contributed by atoms with Gasteiger partial charge in [0.2, 0.25) is 5.91 Å². The zero-order valence-electron chi connectivity index (χ0n) is 11.5. The van der Waals surface area contributed by atoms with Crippen LogP contribution in [0.1, 0.15) is 60.3 Å². The lowest BCUT2D eigenvalue weighted by Gasteiger charge is -2.35. The van der Waals surface area contributed by atoms with Crippen LogP contribution in [0.5, 0.6) is 0 Å². The van der Waals surface area contributed by atoms with Crippen molar-refractivity contribution in [2.75, 3.05) is 6.54 Å². The van der Waals surface area contributed by atoms with E-state index >= 15 is 0 Å². The molecule has 0 aliphatic rings. The Kier molecular flexibility index (Phi) is 6.01. The summed E-state index contributed by atoms with van der Waals surface area (Å²) in [5.74, 6) is 0.117. The van der Waals surface area contributed by atoms with Gasteiger partial charge in [-0.05, 0) is 32.6 Å².